The van der Waals surface area contributed by atoms with Crippen LogP contribution < -0.4 is 10.1 Å². The van der Waals surface area contributed by atoms with Gasteiger partial charge < -0.3 is 15.0 Å². The van der Waals surface area contributed by atoms with Crippen LogP contribution in [0, 0.1) is 0 Å². The number of hydrogen-bond donors (Lipinski definition) is 1. The number of amides is 2. The Balaban J connectivity index is 1.50. The van der Waals surface area contributed by atoms with Gasteiger partial charge in [-0.25, -0.2) is 0 Å². The molecule has 0 aliphatic carbocycles. The number of hydrogen-bond acceptors (Lipinski definition) is 4. The Kier molecular flexibility index (Phi) is 6.06. The third-order valence-electron chi connectivity index (χ3n) is 4.01. The van der Waals surface area contributed by atoms with Gasteiger partial charge in [-0.05, 0) is 24.3 Å². The number of nitrogens with one attached hydrogen (secondary N) is 1. The third-order valence-corrected chi connectivity index (χ3v) is 5.60. The van der Waals surface area contributed by atoms with Crippen molar-refractivity contribution in [3.63, 3.8) is 0 Å². The lowest BCUT2D eigenvalue weighted by molar-refractivity contribution is -0.131. The molecule has 2 aromatic carbocycles. The van der Waals surface area contributed by atoms with E-state index in [1.165, 1.54) is 11.8 Å². The fourth-order valence-corrected chi connectivity index (χ4v) is 3.81. The van der Waals surface area contributed by atoms with Crippen molar-refractivity contribution in [2.24, 2.45) is 0 Å². The number of para-hydroxylation sites is 2. The summed E-state index contributed by atoms with van der Waals surface area (Å²) < 4.78 is 5.60. The topological polar surface area (TPSA) is 58.6 Å². The minimum absolute atomic E-state index is 0.0974. The molecule has 2 amide bonds. The van der Waals surface area contributed by atoms with E-state index in [4.69, 9.17) is 16.3 Å². The van der Waals surface area contributed by atoms with Crippen LogP contribution in [0.25, 0.3) is 0 Å². The SMILES string of the molecule is CN(CCOc1ccccc1Cl)C(=O)C[C@@H]1Sc2ccccc2NC1=O. The van der Waals surface area contributed by atoms with Crippen LogP contribution in [0.15, 0.2) is 53.4 Å². The number of thioether (sulfide) groups is 1. The maximum Gasteiger partial charge on any atom is 0.238 e. The van der Waals surface area contributed by atoms with Crippen LogP contribution in [0.1, 0.15) is 6.42 Å². The lowest BCUT2D eigenvalue weighted by atomic mass is 10.2. The summed E-state index contributed by atoms with van der Waals surface area (Å²) in [6.45, 7) is 0.748. The second-order valence-corrected chi connectivity index (χ2v) is 7.54. The zero-order chi connectivity index (χ0) is 18.5. The molecular formula is C19H19ClN2O3S. The van der Waals surface area contributed by atoms with Crippen LogP contribution in [-0.4, -0.2) is 42.2 Å². The van der Waals surface area contributed by atoms with Crippen LogP contribution in [0.4, 0.5) is 5.69 Å². The summed E-state index contributed by atoms with van der Waals surface area (Å²) in [7, 11) is 1.71. The van der Waals surface area contributed by atoms with E-state index in [2.05, 4.69) is 5.32 Å². The Morgan fingerprint density at radius 2 is 1.96 bits per heavy atom. The average molecular weight is 391 g/mol. The van der Waals surface area contributed by atoms with Crippen molar-refractivity contribution >= 4 is 40.9 Å². The van der Waals surface area contributed by atoms with Crippen LogP contribution >= 0.6 is 23.4 Å². The highest BCUT2D eigenvalue weighted by Crippen LogP contribution is 2.36. The number of carbonyl (C=O) groups excluding carboxylic acids is 2. The Bertz CT molecular complexity index is 815. The van der Waals surface area contributed by atoms with Crippen molar-refractivity contribution < 1.29 is 14.3 Å². The molecule has 2 aromatic rings. The molecule has 1 N–H and O–H groups in total. The summed E-state index contributed by atoms with van der Waals surface area (Å²) in [4.78, 5) is 27.2. The Morgan fingerprint density at radius 1 is 1.23 bits per heavy atom. The van der Waals surface area contributed by atoms with Gasteiger partial charge in [0.2, 0.25) is 11.8 Å². The molecule has 7 heteroatoms. The molecule has 0 radical (unpaired) electrons. The zero-order valence-electron chi connectivity index (χ0n) is 14.3. The number of benzene rings is 2. The largest absolute Gasteiger partial charge is 0.490 e. The van der Waals surface area contributed by atoms with Gasteiger partial charge >= 0.3 is 0 Å². The van der Waals surface area contributed by atoms with Gasteiger partial charge in [-0.15, -0.1) is 11.8 Å². The Labute approximate surface area is 161 Å². The first-order chi connectivity index (χ1) is 12.5. The van der Waals surface area contributed by atoms with Crippen LogP contribution in [0.2, 0.25) is 5.02 Å². The Hall–Kier alpha value is -2.18. The van der Waals surface area contributed by atoms with E-state index in [9.17, 15) is 9.59 Å². The van der Waals surface area contributed by atoms with Crippen LogP contribution in [0.5, 0.6) is 5.75 Å². The summed E-state index contributed by atoms with van der Waals surface area (Å²) in [5.41, 5.74) is 0.799. The van der Waals surface area contributed by atoms with E-state index in [1.54, 1.807) is 24.1 Å². The summed E-state index contributed by atoms with van der Waals surface area (Å²) in [5, 5.41) is 2.97. The molecule has 1 aliphatic rings. The highest BCUT2D eigenvalue weighted by molar-refractivity contribution is 8.01. The van der Waals surface area contributed by atoms with Gasteiger partial charge in [-0.2, -0.15) is 0 Å². The number of halogens is 1. The van der Waals surface area contributed by atoms with E-state index in [0.29, 0.717) is 23.9 Å². The van der Waals surface area contributed by atoms with Gasteiger partial charge in [-0.1, -0.05) is 35.9 Å². The highest BCUT2D eigenvalue weighted by atomic mass is 35.5. The number of nitrogens with zero attached hydrogens (tertiary/aromatic N) is 1. The number of fused-ring (bicyclic) bond motifs is 1. The first-order valence-corrected chi connectivity index (χ1v) is 9.48. The first kappa shape index (κ1) is 18.6. The zero-order valence-corrected chi connectivity index (χ0v) is 15.8. The van der Waals surface area contributed by atoms with E-state index in [-0.39, 0.29) is 18.2 Å². The molecule has 0 saturated carbocycles. The predicted octanol–water partition coefficient (Wildman–Crippen LogP) is 3.68. The van der Waals surface area contributed by atoms with Gasteiger partial charge in [0.15, 0.2) is 0 Å². The van der Waals surface area contributed by atoms with Crippen molar-refractivity contribution in [3.8, 4) is 5.75 Å². The molecule has 0 spiro atoms. The molecule has 5 nitrogen and oxygen atoms in total. The van der Waals surface area contributed by atoms with Crippen molar-refractivity contribution in [1.82, 2.24) is 4.90 Å². The predicted molar refractivity (Wildman–Crippen MR) is 104 cm³/mol. The van der Waals surface area contributed by atoms with Crippen molar-refractivity contribution in [1.29, 1.82) is 0 Å². The normalized spacial score (nSPS) is 15.8. The van der Waals surface area contributed by atoms with Gasteiger partial charge in [0.1, 0.15) is 12.4 Å². The number of ether oxygens (including phenoxy) is 1. The van der Waals surface area contributed by atoms with Gasteiger partial charge in [0, 0.05) is 18.4 Å². The van der Waals surface area contributed by atoms with E-state index >= 15 is 0 Å². The van der Waals surface area contributed by atoms with E-state index < -0.39 is 5.25 Å². The van der Waals surface area contributed by atoms with Crippen molar-refractivity contribution in [2.75, 3.05) is 25.5 Å². The van der Waals surface area contributed by atoms with Gasteiger partial charge in [0.25, 0.3) is 0 Å². The van der Waals surface area contributed by atoms with Crippen molar-refractivity contribution in [2.45, 2.75) is 16.6 Å². The maximum absolute atomic E-state index is 12.4. The van der Waals surface area contributed by atoms with E-state index in [0.717, 1.165) is 10.6 Å². The molecule has 3 rings (SSSR count). The first-order valence-electron chi connectivity index (χ1n) is 8.22. The van der Waals surface area contributed by atoms with Crippen molar-refractivity contribution in [3.05, 3.63) is 53.6 Å². The Morgan fingerprint density at radius 3 is 2.77 bits per heavy atom. The minimum atomic E-state index is -0.427. The standard InChI is InChI=1S/C19H19ClN2O3S/c1-22(10-11-25-15-8-4-2-6-13(15)20)18(23)12-17-19(24)21-14-7-3-5-9-16(14)26-17/h2-9,17H,10-12H2,1H3,(H,21,24)/t17-/m0/s1. The van der Waals surface area contributed by atoms with E-state index in [1.807, 2.05) is 36.4 Å². The smallest absolute Gasteiger partial charge is 0.238 e. The number of anilines is 1. The number of likely N-dealkylation sites (N-methyl/N-ethyl adjacent to an activating group) is 1. The molecule has 1 atom stereocenters. The quantitative estimate of drug-likeness (QED) is 0.817. The van der Waals surface area contributed by atoms with Gasteiger partial charge in [-0.3, -0.25) is 9.59 Å². The summed E-state index contributed by atoms with van der Waals surface area (Å²) in [6.07, 6.45) is 0.146. The number of carbonyl (C=O) groups is 2. The highest BCUT2D eigenvalue weighted by Gasteiger charge is 2.29. The molecule has 0 bridgehead atoms. The fourth-order valence-electron chi connectivity index (χ4n) is 2.52. The maximum atomic E-state index is 12.4. The molecule has 1 heterocycles. The molecule has 0 unspecified atom stereocenters. The molecule has 136 valence electrons. The molecular weight excluding hydrogens is 372 g/mol. The summed E-state index contributed by atoms with van der Waals surface area (Å²) in [5.74, 6) is 0.358. The minimum Gasteiger partial charge on any atom is -0.490 e. The molecule has 0 saturated heterocycles. The molecule has 0 aromatic heterocycles. The summed E-state index contributed by atoms with van der Waals surface area (Å²) >= 11 is 7.46. The van der Waals surface area contributed by atoms with Crippen LogP contribution in [0.3, 0.4) is 0 Å². The molecule has 0 fully saturated rings. The second kappa shape index (κ2) is 8.47. The third kappa shape index (κ3) is 4.51. The second-order valence-electron chi connectivity index (χ2n) is 5.89. The lowest BCUT2D eigenvalue weighted by Gasteiger charge is -2.25. The average Bonchev–Trinajstić information content (AvgIpc) is 2.63. The number of rotatable bonds is 6. The fraction of sp³-hybridized carbons (Fsp3) is 0.263. The van der Waals surface area contributed by atoms with Gasteiger partial charge in [0.05, 0.1) is 22.5 Å². The molecule has 1 aliphatic heterocycles. The molecule has 26 heavy (non-hydrogen) atoms. The lowest BCUT2D eigenvalue weighted by Crippen LogP contribution is -2.37. The monoisotopic (exact) mass is 390 g/mol. The van der Waals surface area contributed by atoms with Crippen LogP contribution in [-0.2, 0) is 9.59 Å². The summed E-state index contributed by atoms with van der Waals surface area (Å²) in [6, 6.07) is 14.8.